The molecule has 5 nitrogen and oxygen atoms in total. The lowest BCUT2D eigenvalue weighted by Crippen LogP contribution is -2.15. The van der Waals surface area contributed by atoms with E-state index in [2.05, 4.69) is 5.32 Å². The van der Waals surface area contributed by atoms with E-state index in [1.165, 1.54) is 7.11 Å². The van der Waals surface area contributed by atoms with Gasteiger partial charge in [0.2, 0.25) is 0 Å². The number of rotatable bonds is 6. The van der Waals surface area contributed by atoms with Crippen molar-refractivity contribution in [2.45, 2.75) is 11.4 Å². The highest BCUT2D eigenvalue weighted by molar-refractivity contribution is 7.90. The Kier molecular flexibility index (Phi) is 5.67. The molecular formula is C19H16F4N2O3S. The molecular weight excluding hydrogens is 412 g/mol. The third-order valence-electron chi connectivity index (χ3n) is 4.22. The number of ether oxygens (including phenoxy) is 1. The van der Waals surface area contributed by atoms with Crippen LogP contribution in [-0.2, 0) is 16.6 Å². The highest BCUT2D eigenvalue weighted by atomic mass is 32.2. The second kappa shape index (κ2) is 7.88. The molecule has 1 heterocycles. The lowest BCUT2D eigenvalue weighted by Gasteiger charge is -2.13. The molecule has 10 heteroatoms. The van der Waals surface area contributed by atoms with Crippen LogP contribution >= 0.6 is 0 Å². The molecule has 1 N–H and O–H groups in total. The molecule has 0 aliphatic heterocycles. The topological polar surface area (TPSA) is 60.3 Å². The average molecular weight is 428 g/mol. The van der Waals surface area contributed by atoms with E-state index in [0.29, 0.717) is 21.7 Å². The van der Waals surface area contributed by atoms with Crippen LogP contribution in [0.15, 0.2) is 47.5 Å². The molecule has 0 bridgehead atoms. The van der Waals surface area contributed by atoms with Gasteiger partial charge < -0.3 is 10.1 Å². The molecule has 154 valence electrons. The van der Waals surface area contributed by atoms with E-state index in [4.69, 9.17) is 4.74 Å². The predicted molar refractivity (Wildman–Crippen MR) is 98.0 cm³/mol. The number of hydrogen-bond donors (Lipinski definition) is 1. The molecule has 0 atom stereocenters. The Bertz CT molecular complexity index is 1160. The first-order chi connectivity index (χ1) is 13.7. The summed E-state index contributed by atoms with van der Waals surface area (Å²) in [6.45, 7) is 0.118. The van der Waals surface area contributed by atoms with E-state index < -0.39 is 49.4 Å². The molecule has 0 radical (unpaired) electrons. The zero-order valence-electron chi connectivity index (χ0n) is 15.3. The van der Waals surface area contributed by atoms with E-state index in [9.17, 15) is 26.0 Å². The van der Waals surface area contributed by atoms with E-state index in [0.717, 1.165) is 30.5 Å². The minimum atomic E-state index is -4.55. The molecule has 3 rings (SSSR count). The van der Waals surface area contributed by atoms with Crippen LogP contribution in [0, 0.1) is 23.3 Å². The number of nitrogens with zero attached hydrogens (tertiary/aromatic N) is 1. The van der Waals surface area contributed by atoms with Gasteiger partial charge in [-0.1, -0.05) is 6.07 Å². The zero-order valence-corrected chi connectivity index (χ0v) is 16.2. The minimum absolute atomic E-state index is 0.0745. The van der Waals surface area contributed by atoms with Gasteiger partial charge in [0, 0.05) is 18.3 Å². The van der Waals surface area contributed by atoms with Gasteiger partial charge in [-0.25, -0.2) is 30.0 Å². The largest absolute Gasteiger partial charge is 0.494 e. The lowest BCUT2D eigenvalue weighted by atomic mass is 10.1. The molecule has 0 aliphatic carbocycles. The first-order valence-corrected chi connectivity index (χ1v) is 9.74. The van der Waals surface area contributed by atoms with Crippen molar-refractivity contribution in [1.82, 2.24) is 9.29 Å². The summed E-state index contributed by atoms with van der Waals surface area (Å²) in [7, 11) is -1.74. The van der Waals surface area contributed by atoms with Crippen molar-refractivity contribution >= 4 is 10.0 Å². The fourth-order valence-electron chi connectivity index (χ4n) is 2.95. The van der Waals surface area contributed by atoms with Crippen molar-refractivity contribution in [2.75, 3.05) is 14.2 Å². The van der Waals surface area contributed by atoms with Gasteiger partial charge in [0.15, 0.2) is 11.6 Å². The number of nitrogens with one attached hydrogen (secondary N) is 1. The maximum absolute atomic E-state index is 14.5. The second-order valence-electron chi connectivity index (χ2n) is 6.04. The molecule has 29 heavy (non-hydrogen) atoms. The first kappa shape index (κ1) is 20.9. The molecule has 0 unspecified atom stereocenters. The van der Waals surface area contributed by atoms with Gasteiger partial charge >= 0.3 is 0 Å². The average Bonchev–Trinajstić information content (AvgIpc) is 3.03. The van der Waals surface area contributed by atoms with Crippen molar-refractivity contribution in [3.05, 3.63) is 71.4 Å². The van der Waals surface area contributed by atoms with Crippen LogP contribution in [0.2, 0.25) is 0 Å². The molecule has 0 saturated heterocycles. The van der Waals surface area contributed by atoms with Gasteiger partial charge in [-0.05, 0) is 37.4 Å². The first-order valence-electron chi connectivity index (χ1n) is 8.30. The highest BCUT2D eigenvalue weighted by Gasteiger charge is 2.30. The van der Waals surface area contributed by atoms with Crippen LogP contribution in [0.1, 0.15) is 5.56 Å². The fourth-order valence-corrected chi connectivity index (χ4v) is 4.35. The summed E-state index contributed by atoms with van der Waals surface area (Å²) < 4.78 is 88.1. The van der Waals surface area contributed by atoms with Gasteiger partial charge in [0.1, 0.15) is 23.1 Å². The molecule has 3 aromatic rings. The summed E-state index contributed by atoms with van der Waals surface area (Å²) in [6.07, 6.45) is 1.12. The second-order valence-corrected chi connectivity index (χ2v) is 7.85. The van der Waals surface area contributed by atoms with E-state index in [-0.39, 0.29) is 12.3 Å². The van der Waals surface area contributed by atoms with Crippen molar-refractivity contribution < 1.29 is 30.7 Å². The third-order valence-corrected chi connectivity index (χ3v) is 5.87. The summed E-state index contributed by atoms with van der Waals surface area (Å²) in [6, 6.07) is 5.08. The normalized spacial score (nSPS) is 11.7. The standard InChI is InChI=1S/C19H16F4N2O3S/c1-24-9-11-10-25(29(26,27)12-6-7-13(20)16(23)8-12)18(19(11)28-2)17-14(21)4-3-5-15(17)22/h3-8,10,24H,9H2,1-2H3. The minimum Gasteiger partial charge on any atom is -0.494 e. The van der Waals surface area contributed by atoms with E-state index in [1.807, 2.05) is 0 Å². The van der Waals surface area contributed by atoms with Crippen LogP contribution in [0.4, 0.5) is 17.6 Å². The quantitative estimate of drug-likeness (QED) is 0.609. The molecule has 2 aromatic carbocycles. The van der Waals surface area contributed by atoms with E-state index >= 15 is 0 Å². The molecule has 0 saturated carbocycles. The zero-order chi connectivity index (χ0) is 21.3. The Labute approximate surface area is 164 Å². The number of aromatic nitrogens is 1. The fraction of sp³-hybridized carbons (Fsp3) is 0.158. The molecule has 0 aliphatic rings. The van der Waals surface area contributed by atoms with Crippen molar-refractivity contribution in [3.8, 4) is 17.0 Å². The maximum atomic E-state index is 14.5. The highest BCUT2D eigenvalue weighted by Crippen LogP contribution is 2.40. The summed E-state index contributed by atoms with van der Waals surface area (Å²) >= 11 is 0. The monoisotopic (exact) mass is 428 g/mol. The number of hydrogen-bond acceptors (Lipinski definition) is 4. The lowest BCUT2D eigenvalue weighted by molar-refractivity contribution is 0.410. The van der Waals surface area contributed by atoms with Gasteiger partial charge in [0.25, 0.3) is 10.0 Å². The van der Waals surface area contributed by atoms with Gasteiger partial charge in [-0.15, -0.1) is 0 Å². The van der Waals surface area contributed by atoms with E-state index in [1.54, 1.807) is 7.05 Å². The Morgan fingerprint density at radius 1 is 1.00 bits per heavy atom. The predicted octanol–water partition coefficient (Wildman–Crippen LogP) is 3.68. The SMILES string of the molecule is CNCc1cn(S(=O)(=O)c2ccc(F)c(F)c2)c(-c2c(F)cccc2F)c1OC. The number of halogens is 4. The smallest absolute Gasteiger partial charge is 0.268 e. The molecule has 1 aromatic heterocycles. The van der Waals surface area contributed by atoms with Gasteiger partial charge in [-0.3, -0.25) is 0 Å². The van der Waals surface area contributed by atoms with Crippen LogP contribution < -0.4 is 10.1 Å². The van der Waals surface area contributed by atoms with Gasteiger partial charge in [0.05, 0.1) is 17.6 Å². The Morgan fingerprint density at radius 3 is 2.21 bits per heavy atom. The van der Waals surface area contributed by atoms with Crippen molar-refractivity contribution in [2.24, 2.45) is 0 Å². The van der Waals surface area contributed by atoms with Crippen LogP contribution in [0.3, 0.4) is 0 Å². The Hall–Kier alpha value is -2.85. The number of benzene rings is 2. The molecule has 0 amide bonds. The maximum Gasteiger partial charge on any atom is 0.268 e. The Morgan fingerprint density at radius 2 is 1.66 bits per heavy atom. The molecule has 0 fully saturated rings. The summed E-state index contributed by atoms with van der Waals surface area (Å²) in [5.41, 5.74) is -0.741. The summed E-state index contributed by atoms with van der Waals surface area (Å²) in [5, 5.41) is 2.80. The van der Waals surface area contributed by atoms with Crippen LogP contribution in [0.5, 0.6) is 5.75 Å². The summed E-state index contributed by atoms with van der Waals surface area (Å²) in [5.74, 6) is -4.71. The number of methoxy groups -OCH3 is 1. The van der Waals surface area contributed by atoms with Crippen LogP contribution in [0.25, 0.3) is 11.3 Å². The van der Waals surface area contributed by atoms with Crippen molar-refractivity contribution in [1.29, 1.82) is 0 Å². The van der Waals surface area contributed by atoms with Gasteiger partial charge in [-0.2, -0.15) is 0 Å². The van der Waals surface area contributed by atoms with Crippen LogP contribution in [-0.4, -0.2) is 26.5 Å². The van der Waals surface area contributed by atoms with Crippen molar-refractivity contribution in [3.63, 3.8) is 0 Å². The molecule has 0 spiro atoms. The Balaban J connectivity index is 2.38. The summed E-state index contributed by atoms with van der Waals surface area (Å²) in [4.78, 5) is -0.594. The third kappa shape index (κ3) is 3.60.